The molecule has 0 aliphatic carbocycles. The highest BCUT2D eigenvalue weighted by Gasteiger charge is 2.34. The monoisotopic (exact) mass is 243 g/mol. The van der Waals surface area contributed by atoms with Crippen molar-refractivity contribution in [2.45, 2.75) is 19.4 Å². The second kappa shape index (κ2) is 4.59. The zero-order chi connectivity index (χ0) is 11.6. The van der Waals surface area contributed by atoms with Crippen molar-refractivity contribution in [3.63, 3.8) is 0 Å². The van der Waals surface area contributed by atoms with Crippen molar-refractivity contribution in [2.24, 2.45) is 5.92 Å². The van der Waals surface area contributed by atoms with Crippen LogP contribution in [0, 0.1) is 5.92 Å². The molecule has 2 rings (SSSR count). The van der Waals surface area contributed by atoms with Gasteiger partial charge in [0.25, 0.3) is 0 Å². The van der Waals surface area contributed by atoms with Gasteiger partial charge in [0.1, 0.15) is 0 Å². The van der Waals surface area contributed by atoms with Gasteiger partial charge in [0.05, 0.1) is 24.0 Å². The summed E-state index contributed by atoms with van der Waals surface area (Å²) in [5.74, 6) is 0.773. The Morgan fingerprint density at radius 2 is 2.44 bits per heavy atom. The Balaban J connectivity index is 2.15. The fraction of sp³-hybridized carbons (Fsp3) is 0.636. The first-order chi connectivity index (χ1) is 7.62. The van der Waals surface area contributed by atoms with Crippen molar-refractivity contribution in [3.8, 4) is 0 Å². The minimum Gasteiger partial charge on any atom is -0.472 e. The molecule has 4 nitrogen and oxygen atoms in total. The summed E-state index contributed by atoms with van der Waals surface area (Å²) in [6, 6.07) is 2.00. The number of sulfone groups is 1. The summed E-state index contributed by atoms with van der Waals surface area (Å²) < 4.78 is 28.0. The molecule has 0 saturated carbocycles. The van der Waals surface area contributed by atoms with Crippen LogP contribution in [-0.4, -0.2) is 26.5 Å². The van der Waals surface area contributed by atoms with Crippen molar-refractivity contribution in [1.82, 2.24) is 5.32 Å². The highest BCUT2D eigenvalue weighted by molar-refractivity contribution is 7.91. The number of hydrogen-bond acceptors (Lipinski definition) is 4. The molecule has 1 aliphatic heterocycles. The molecule has 2 unspecified atom stereocenters. The van der Waals surface area contributed by atoms with Gasteiger partial charge in [0.15, 0.2) is 9.84 Å². The van der Waals surface area contributed by atoms with E-state index in [1.165, 1.54) is 0 Å². The predicted octanol–water partition coefficient (Wildman–Crippen LogP) is 1.36. The third kappa shape index (κ3) is 2.47. The van der Waals surface area contributed by atoms with Gasteiger partial charge in [-0.15, -0.1) is 0 Å². The van der Waals surface area contributed by atoms with Crippen molar-refractivity contribution >= 4 is 9.84 Å². The van der Waals surface area contributed by atoms with Crippen LogP contribution in [0.1, 0.15) is 24.9 Å². The lowest BCUT2D eigenvalue weighted by atomic mass is 9.94. The van der Waals surface area contributed by atoms with Crippen LogP contribution in [0.5, 0.6) is 0 Å². The largest absolute Gasteiger partial charge is 0.472 e. The summed E-state index contributed by atoms with van der Waals surface area (Å²) in [7, 11) is -2.82. The van der Waals surface area contributed by atoms with Crippen LogP contribution in [0.2, 0.25) is 0 Å². The van der Waals surface area contributed by atoms with Gasteiger partial charge < -0.3 is 9.73 Å². The maximum atomic E-state index is 11.5. The van der Waals surface area contributed by atoms with Crippen molar-refractivity contribution in [3.05, 3.63) is 24.2 Å². The molecule has 0 radical (unpaired) electrons. The van der Waals surface area contributed by atoms with E-state index in [2.05, 4.69) is 5.32 Å². The molecule has 2 heterocycles. The molecule has 2 atom stereocenters. The maximum Gasteiger partial charge on any atom is 0.150 e. The van der Waals surface area contributed by atoms with Gasteiger partial charge in [-0.25, -0.2) is 8.42 Å². The molecular weight excluding hydrogens is 226 g/mol. The first-order valence-corrected chi connectivity index (χ1v) is 7.40. The lowest BCUT2D eigenvalue weighted by Gasteiger charge is -2.22. The van der Waals surface area contributed by atoms with E-state index in [0.29, 0.717) is 5.75 Å². The SMILES string of the molecule is CCNC(c1ccoc1)C1CCS(=O)(=O)C1. The molecule has 1 aromatic rings. The van der Waals surface area contributed by atoms with E-state index in [1.54, 1.807) is 12.5 Å². The quantitative estimate of drug-likeness (QED) is 0.867. The first kappa shape index (κ1) is 11.7. The van der Waals surface area contributed by atoms with Gasteiger partial charge in [0.2, 0.25) is 0 Å². The number of furan rings is 1. The van der Waals surface area contributed by atoms with Crippen LogP contribution in [0.15, 0.2) is 23.0 Å². The topological polar surface area (TPSA) is 59.3 Å². The van der Waals surface area contributed by atoms with E-state index in [9.17, 15) is 8.42 Å². The average Bonchev–Trinajstić information content (AvgIpc) is 2.83. The summed E-state index contributed by atoms with van der Waals surface area (Å²) >= 11 is 0. The molecule has 0 spiro atoms. The molecule has 1 N–H and O–H groups in total. The molecule has 5 heteroatoms. The lowest BCUT2D eigenvalue weighted by Crippen LogP contribution is -2.28. The summed E-state index contributed by atoms with van der Waals surface area (Å²) in [5, 5.41) is 3.34. The van der Waals surface area contributed by atoms with E-state index in [1.807, 2.05) is 13.0 Å². The molecule has 0 bridgehead atoms. The van der Waals surface area contributed by atoms with E-state index in [0.717, 1.165) is 18.5 Å². The summed E-state index contributed by atoms with van der Waals surface area (Å²) in [6.07, 6.45) is 4.06. The fourth-order valence-electron chi connectivity index (χ4n) is 2.32. The minimum atomic E-state index is -2.82. The normalized spacial score (nSPS) is 25.7. The number of rotatable bonds is 4. The highest BCUT2D eigenvalue weighted by atomic mass is 32.2. The Labute approximate surface area is 95.9 Å². The average molecular weight is 243 g/mol. The molecule has 1 saturated heterocycles. The van der Waals surface area contributed by atoms with E-state index in [4.69, 9.17) is 4.42 Å². The molecule has 90 valence electrons. The van der Waals surface area contributed by atoms with Crippen LogP contribution in [0.4, 0.5) is 0 Å². The van der Waals surface area contributed by atoms with Gasteiger partial charge in [-0.05, 0) is 24.9 Å². The molecule has 0 amide bonds. The second-order valence-electron chi connectivity index (χ2n) is 4.26. The lowest BCUT2D eigenvalue weighted by molar-refractivity contribution is 0.396. The van der Waals surface area contributed by atoms with E-state index >= 15 is 0 Å². The van der Waals surface area contributed by atoms with Crippen LogP contribution >= 0.6 is 0 Å². The van der Waals surface area contributed by atoms with Crippen LogP contribution in [-0.2, 0) is 9.84 Å². The van der Waals surface area contributed by atoms with Gasteiger partial charge in [-0.3, -0.25) is 0 Å². The van der Waals surface area contributed by atoms with Gasteiger partial charge in [0, 0.05) is 11.6 Å². The van der Waals surface area contributed by atoms with Gasteiger partial charge >= 0.3 is 0 Å². The Morgan fingerprint density at radius 3 is 2.94 bits per heavy atom. The van der Waals surface area contributed by atoms with E-state index < -0.39 is 9.84 Å². The molecule has 1 aliphatic rings. The highest BCUT2D eigenvalue weighted by Crippen LogP contribution is 2.31. The Hall–Kier alpha value is -0.810. The Bertz CT molecular complexity index is 424. The fourth-order valence-corrected chi connectivity index (χ4v) is 4.16. The summed E-state index contributed by atoms with van der Waals surface area (Å²) in [4.78, 5) is 0. The van der Waals surface area contributed by atoms with Crippen LogP contribution in [0.25, 0.3) is 0 Å². The van der Waals surface area contributed by atoms with Crippen molar-refractivity contribution in [2.75, 3.05) is 18.1 Å². The number of hydrogen-bond donors (Lipinski definition) is 1. The minimum absolute atomic E-state index is 0.0982. The molecule has 1 aromatic heterocycles. The molecule has 16 heavy (non-hydrogen) atoms. The van der Waals surface area contributed by atoms with Crippen LogP contribution < -0.4 is 5.32 Å². The zero-order valence-electron chi connectivity index (χ0n) is 9.35. The van der Waals surface area contributed by atoms with Crippen molar-refractivity contribution < 1.29 is 12.8 Å². The third-order valence-corrected chi connectivity index (χ3v) is 4.86. The Kier molecular flexibility index (Phi) is 3.35. The molecule has 1 fully saturated rings. The maximum absolute atomic E-state index is 11.5. The molecule has 0 aromatic carbocycles. The molecular formula is C11H17NO3S. The standard InChI is InChI=1S/C11H17NO3S/c1-2-12-11(9-3-5-15-7-9)10-4-6-16(13,14)8-10/h3,5,7,10-12H,2,4,6,8H2,1H3. The summed E-state index contributed by atoms with van der Waals surface area (Å²) in [5.41, 5.74) is 1.05. The van der Waals surface area contributed by atoms with Crippen molar-refractivity contribution in [1.29, 1.82) is 0 Å². The summed E-state index contributed by atoms with van der Waals surface area (Å²) in [6.45, 7) is 2.85. The van der Waals surface area contributed by atoms with Crippen LogP contribution in [0.3, 0.4) is 0 Å². The predicted molar refractivity (Wildman–Crippen MR) is 61.9 cm³/mol. The van der Waals surface area contributed by atoms with E-state index in [-0.39, 0.29) is 17.7 Å². The number of nitrogens with one attached hydrogen (secondary N) is 1. The second-order valence-corrected chi connectivity index (χ2v) is 6.48. The van der Waals surface area contributed by atoms with Gasteiger partial charge in [-0.2, -0.15) is 0 Å². The first-order valence-electron chi connectivity index (χ1n) is 5.58. The Morgan fingerprint density at radius 1 is 1.62 bits per heavy atom. The zero-order valence-corrected chi connectivity index (χ0v) is 10.2. The third-order valence-electron chi connectivity index (χ3n) is 3.07. The smallest absolute Gasteiger partial charge is 0.150 e. The van der Waals surface area contributed by atoms with Gasteiger partial charge in [-0.1, -0.05) is 6.92 Å².